The van der Waals surface area contributed by atoms with E-state index in [0.29, 0.717) is 23.1 Å². The Labute approximate surface area is 214 Å². The number of Topliss-reactive ketones (excluding diaryl/α,β-unsaturated/α-hetero) is 1. The molecule has 0 saturated heterocycles. The van der Waals surface area contributed by atoms with Crippen molar-refractivity contribution in [1.29, 1.82) is 0 Å². The Morgan fingerprint density at radius 3 is 2.33 bits per heavy atom. The van der Waals surface area contributed by atoms with Gasteiger partial charge in [0, 0.05) is 23.2 Å². The van der Waals surface area contributed by atoms with Crippen LogP contribution in [0.5, 0.6) is 5.75 Å². The largest absolute Gasteiger partial charge is 0.489 e. The summed E-state index contributed by atoms with van der Waals surface area (Å²) in [4.78, 5) is 14.5. The predicted octanol–water partition coefficient (Wildman–Crippen LogP) is 6.99. The first-order valence-electron chi connectivity index (χ1n) is 11.5. The third-order valence-corrected chi connectivity index (χ3v) is 6.07. The summed E-state index contributed by atoms with van der Waals surface area (Å²) in [6.45, 7) is 1.86. The molecule has 0 spiro atoms. The minimum atomic E-state index is -0.490. The fraction of sp³-hybridized carbons (Fsp3) is 0.103. The highest BCUT2D eigenvalue weighted by Gasteiger charge is 2.39. The number of carbonyl (C=O) groups is 1. The van der Waals surface area contributed by atoms with Crippen molar-refractivity contribution in [3.05, 3.63) is 125 Å². The van der Waals surface area contributed by atoms with Crippen molar-refractivity contribution in [2.24, 2.45) is 5.10 Å². The number of halogens is 2. The Hall–Kier alpha value is -4.16. The van der Waals surface area contributed by atoms with Gasteiger partial charge in [0.05, 0.1) is 5.69 Å². The summed E-state index contributed by atoms with van der Waals surface area (Å²) in [6.07, 6.45) is -0.490. The molecule has 0 aliphatic carbocycles. The summed E-state index contributed by atoms with van der Waals surface area (Å²) in [5.74, 6) is 0.389. The van der Waals surface area contributed by atoms with Gasteiger partial charge in [-0.2, -0.15) is 0 Å². The topological polar surface area (TPSA) is 45.1 Å². The predicted molar refractivity (Wildman–Crippen MR) is 141 cm³/mol. The average Bonchev–Trinajstić information content (AvgIpc) is 3.31. The third kappa shape index (κ3) is 4.95. The number of hydrogen-bond acceptors (Lipinski definition) is 5. The number of ether oxygens (including phenoxy) is 1. The number of hydrazone groups is 1. The minimum absolute atomic E-state index is 0.196. The molecule has 1 unspecified atom stereocenters. The smallest absolute Gasteiger partial charge is 0.198 e. The van der Waals surface area contributed by atoms with Gasteiger partial charge in [-0.05, 0) is 66.2 Å². The second-order valence-corrected chi connectivity index (χ2v) is 8.80. The van der Waals surface area contributed by atoms with Crippen molar-refractivity contribution >= 4 is 34.6 Å². The van der Waals surface area contributed by atoms with Crippen molar-refractivity contribution < 1.29 is 13.9 Å². The van der Waals surface area contributed by atoms with Gasteiger partial charge in [0.25, 0.3) is 0 Å². The highest BCUT2D eigenvalue weighted by Crippen LogP contribution is 2.39. The average molecular weight is 500 g/mol. The van der Waals surface area contributed by atoms with Crippen LogP contribution in [0.15, 0.2) is 108 Å². The Kier molecular flexibility index (Phi) is 6.69. The van der Waals surface area contributed by atoms with Gasteiger partial charge in [-0.1, -0.05) is 54.1 Å². The van der Waals surface area contributed by atoms with E-state index in [0.717, 1.165) is 16.8 Å². The molecule has 0 amide bonds. The lowest BCUT2D eigenvalue weighted by Crippen LogP contribution is -2.37. The maximum absolute atomic E-state index is 13.7. The van der Waals surface area contributed by atoms with Gasteiger partial charge in [0.2, 0.25) is 0 Å². The van der Waals surface area contributed by atoms with Crippen LogP contribution in [0.4, 0.5) is 15.8 Å². The van der Waals surface area contributed by atoms with Crippen LogP contribution in [0, 0.1) is 5.82 Å². The molecular weight excluding hydrogens is 477 g/mol. The van der Waals surface area contributed by atoms with Crippen LogP contribution >= 0.6 is 11.6 Å². The van der Waals surface area contributed by atoms with E-state index >= 15 is 0 Å². The van der Waals surface area contributed by atoms with E-state index in [1.807, 2.05) is 83.8 Å². The van der Waals surface area contributed by atoms with Gasteiger partial charge in [-0.3, -0.25) is 9.69 Å². The zero-order valence-corrected chi connectivity index (χ0v) is 20.3. The summed E-state index contributed by atoms with van der Waals surface area (Å²) in [5, 5.41) is 7.18. The Morgan fingerprint density at radius 1 is 0.917 bits per heavy atom. The van der Waals surface area contributed by atoms with Crippen LogP contribution in [0.3, 0.4) is 0 Å². The normalized spacial score (nSPS) is 15.1. The van der Waals surface area contributed by atoms with E-state index in [4.69, 9.17) is 21.4 Å². The van der Waals surface area contributed by atoms with Gasteiger partial charge < -0.3 is 4.74 Å². The number of benzene rings is 4. The van der Waals surface area contributed by atoms with E-state index in [1.165, 1.54) is 19.1 Å². The summed E-state index contributed by atoms with van der Waals surface area (Å²) in [6, 6.07) is 30.9. The molecule has 36 heavy (non-hydrogen) atoms. The second-order valence-electron chi connectivity index (χ2n) is 8.37. The summed E-state index contributed by atoms with van der Waals surface area (Å²) >= 11 is 5.99. The van der Waals surface area contributed by atoms with Crippen molar-refractivity contribution in [2.75, 3.05) is 9.91 Å². The maximum Gasteiger partial charge on any atom is 0.198 e. The molecule has 4 aromatic carbocycles. The standard InChI is InChI=1S/C29H23ClFN3O2/c1-20(35)28-32-34(26-7-3-2-4-8-26)29(33(28)25-16-14-24(31)15-17-25)22-6-5-9-27(18-22)36-19-21-10-12-23(30)13-11-21/h2-18,29H,19H2,1H3. The lowest BCUT2D eigenvalue weighted by molar-refractivity contribution is -0.111. The number of anilines is 2. The van der Waals surface area contributed by atoms with Gasteiger partial charge in [0.15, 0.2) is 17.8 Å². The molecule has 5 nitrogen and oxygen atoms in total. The molecule has 5 rings (SSSR count). The molecule has 0 fully saturated rings. The molecule has 0 saturated carbocycles. The fourth-order valence-electron chi connectivity index (χ4n) is 4.12. The van der Waals surface area contributed by atoms with Crippen LogP contribution in [-0.2, 0) is 11.4 Å². The van der Waals surface area contributed by atoms with Crippen molar-refractivity contribution in [3.8, 4) is 5.75 Å². The van der Waals surface area contributed by atoms with Crippen LogP contribution < -0.4 is 14.6 Å². The zero-order chi connectivity index (χ0) is 25.1. The number of nitrogens with zero attached hydrogens (tertiary/aromatic N) is 3. The van der Waals surface area contributed by atoms with Crippen molar-refractivity contribution in [3.63, 3.8) is 0 Å². The lowest BCUT2D eigenvalue weighted by atomic mass is 10.1. The van der Waals surface area contributed by atoms with E-state index in [9.17, 15) is 9.18 Å². The molecule has 1 atom stereocenters. The quantitative estimate of drug-likeness (QED) is 0.275. The molecule has 180 valence electrons. The van der Waals surface area contributed by atoms with Gasteiger partial charge in [-0.15, -0.1) is 5.10 Å². The summed E-state index contributed by atoms with van der Waals surface area (Å²) in [5.41, 5.74) is 3.32. The Balaban J connectivity index is 1.54. The molecule has 4 aromatic rings. The Bertz CT molecular complexity index is 1390. The van der Waals surface area contributed by atoms with Crippen LogP contribution in [0.25, 0.3) is 0 Å². The zero-order valence-electron chi connectivity index (χ0n) is 19.5. The van der Waals surface area contributed by atoms with E-state index in [-0.39, 0.29) is 17.4 Å². The van der Waals surface area contributed by atoms with Crippen LogP contribution in [0.2, 0.25) is 5.02 Å². The Morgan fingerprint density at radius 2 is 1.64 bits per heavy atom. The van der Waals surface area contributed by atoms with Gasteiger partial charge in [0.1, 0.15) is 18.2 Å². The number of carbonyl (C=O) groups excluding carboxylic acids is 1. The number of rotatable bonds is 7. The molecule has 1 aliphatic rings. The van der Waals surface area contributed by atoms with E-state index in [2.05, 4.69) is 0 Å². The monoisotopic (exact) mass is 499 g/mol. The van der Waals surface area contributed by atoms with Gasteiger partial charge >= 0.3 is 0 Å². The first kappa shape index (κ1) is 23.6. The lowest BCUT2D eigenvalue weighted by Gasteiger charge is -2.32. The summed E-state index contributed by atoms with van der Waals surface area (Å²) in [7, 11) is 0. The SMILES string of the molecule is CC(=O)C1=NN(c2ccccc2)C(c2cccc(OCc3ccc(Cl)cc3)c2)N1c1ccc(F)cc1. The fourth-order valence-corrected chi connectivity index (χ4v) is 4.24. The van der Waals surface area contributed by atoms with E-state index in [1.54, 1.807) is 17.1 Å². The molecule has 0 N–H and O–H groups in total. The molecular formula is C29H23ClFN3O2. The molecule has 0 radical (unpaired) electrons. The highest BCUT2D eigenvalue weighted by atomic mass is 35.5. The van der Waals surface area contributed by atoms with Crippen molar-refractivity contribution in [2.45, 2.75) is 19.7 Å². The molecule has 7 heteroatoms. The highest BCUT2D eigenvalue weighted by molar-refractivity contribution is 6.44. The van der Waals surface area contributed by atoms with Crippen molar-refractivity contribution in [1.82, 2.24) is 0 Å². The molecule has 1 aliphatic heterocycles. The first-order valence-corrected chi connectivity index (χ1v) is 11.8. The number of hydrogen-bond donors (Lipinski definition) is 0. The summed E-state index contributed by atoms with van der Waals surface area (Å²) < 4.78 is 19.8. The number of amidine groups is 1. The minimum Gasteiger partial charge on any atom is -0.489 e. The molecule has 0 aromatic heterocycles. The number of para-hydroxylation sites is 1. The van der Waals surface area contributed by atoms with E-state index < -0.39 is 6.17 Å². The second kappa shape index (κ2) is 10.2. The van der Waals surface area contributed by atoms with Crippen LogP contribution in [-0.4, -0.2) is 11.6 Å². The third-order valence-electron chi connectivity index (χ3n) is 5.82. The maximum atomic E-state index is 13.7. The molecule has 0 bridgehead atoms. The van der Waals surface area contributed by atoms with Crippen LogP contribution in [0.1, 0.15) is 24.2 Å². The van der Waals surface area contributed by atoms with Gasteiger partial charge in [-0.25, -0.2) is 9.40 Å². The first-order chi connectivity index (χ1) is 17.5. The molecule has 1 heterocycles. The number of ketones is 1.